The Bertz CT molecular complexity index is 720. The van der Waals surface area contributed by atoms with Crippen molar-refractivity contribution in [2.45, 2.75) is 6.04 Å². The summed E-state index contributed by atoms with van der Waals surface area (Å²) < 4.78 is 5.44. The van der Waals surface area contributed by atoms with E-state index >= 15 is 0 Å². The van der Waals surface area contributed by atoms with E-state index in [2.05, 4.69) is 20.2 Å². The summed E-state index contributed by atoms with van der Waals surface area (Å²) in [5.74, 6) is -0.573. The highest BCUT2D eigenvalue weighted by molar-refractivity contribution is 6.31. The number of carboxylic acids is 1. The molecule has 1 aromatic carbocycles. The molecule has 1 fully saturated rings. The van der Waals surface area contributed by atoms with Crippen molar-refractivity contribution < 1.29 is 14.6 Å². The molecular weight excluding hydrogens is 344 g/mol. The average Bonchev–Trinajstić information content (AvgIpc) is 2.64. The Morgan fingerprint density at radius 1 is 1.28 bits per heavy atom. The molecule has 1 unspecified atom stereocenters. The number of carbonyl (C=O) groups is 1. The lowest BCUT2D eigenvalue weighted by atomic mass is 10.0. The number of aromatic nitrogens is 2. The van der Waals surface area contributed by atoms with Crippen molar-refractivity contribution >= 4 is 23.4 Å². The number of morpholine rings is 1. The van der Waals surface area contributed by atoms with Gasteiger partial charge in [0.2, 0.25) is 0 Å². The smallest absolute Gasteiger partial charge is 0.356 e. The maximum atomic E-state index is 10.9. The first-order chi connectivity index (χ1) is 12.1. The lowest BCUT2D eigenvalue weighted by Gasteiger charge is -2.35. The predicted molar refractivity (Wildman–Crippen MR) is 94.1 cm³/mol. The largest absolute Gasteiger partial charge is 0.476 e. The van der Waals surface area contributed by atoms with Gasteiger partial charge in [0.25, 0.3) is 0 Å². The van der Waals surface area contributed by atoms with Gasteiger partial charge in [-0.1, -0.05) is 29.8 Å². The van der Waals surface area contributed by atoms with Crippen LogP contribution in [0.25, 0.3) is 0 Å². The van der Waals surface area contributed by atoms with Gasteiger partial charge < -0.3 is 15.2 Å². The quantitative estimate of drug-likeness (QED) is 0.815. The molecule has 0 saturated carbocycles. The van der Waals surface area contributed by atoms with Crippen LogP contribution in [0.2, 0.25) is 5.02 Å². The first kappa shape index (κ1) is 17.6. The SMILES string of the molecule is O=C(O)c1cnc(NCC(c2ccccc2Cl)N2CCOCC2)cn1. The van der Waals surface area contributed by atoms with Crippen LogP contribution in [0.15, 0.2) is 36.7 Å². The molecule has 8 heteroatoms. The zero-order valence-electron chi connectivity index (χ0n) is 13.6. The lowest BCUT2D eigenvalue weighted by Crippen LogP contribution is -2.41. The molecular formula is C17H19ClN4O3. The second-order valence-corrected chi connectivity index (χ2v) is 6.07. The Kier molecular flexibility index (Phi) is 5.80. The molecule has 1 saturated heterocycles. The van der Waals surface area contributed by atoms with Gasteiger partial charge in [-0.05, 0) is 11.6 Å². The summed E-state index contributed by atoms with van der Waals surface area (Å²) in [5.41, 5.74) is 0.954. The van der Waals surface area contributed by atoms with Crippen LogP contribution in [0.4, 0.5) is 5.82 Å². The minimum absolute atomic E-state index is 0.0542. The minimum atomic E-state index is -1.10. The monoisotopic (exact) mass is 362 g/mol. The van der Waals surface area contributed by atoms with Crippen molar-refractivity contribution in [3.63, 3.8) is 0 Å². The standard InChI is InChI=1S/C17H19ClN4O3/c18-13-4-2-1-3-12(13)15(22-5-7-25-8-6-22)10-21-16-11-19-14(9-20-16)17(23)24/h1-4,9,11,15H,5-8,10H2,(H,20,21)(H,23,24). The van der Waals surface area contributed by atoms with Crippen molar-refractivity contribution in [2.75, 3.05) is 38.2 Å². The summed E-state index contributed by atoms with van der Waals surface area (Å²) in [7, 11) is 0. The fourth-order valence-electron chi connectivity index (χ4n) is 2.80. The fourth-order valence-corrected chi connectivity index (χ4v) is 3.06. The molecule has 132 valence electrons. The number of halogens is 1. The van der Waals surface area contributed by atoms with Gasteiger partial charge in [0, 0.05) is 24.7 Å². The van der Waals surface area contributed by atoms with E-state index in [-0.39, 0.29) is 11.7 Å². The van der Waals surface area contributed by atoms with Crippen LogP contribution in [0.5, 0.6) is 0 Å². The van der Waals surface area contributed by atoms with Gasteiger partial charge in [0.05, 0.1) is 31.6 Å². The average molecular weight is 363 g/mol. The molecule has 1 aliphatic rings. The summed E-state index contributed by atoms with van der Waals surface area (Å²) in [6.45, 7) is 3.59. The number of anilines is 1. The van der Waals surface area contributed by atoms with Crippen LogP contribution in [0.3, 0.4) is 0 Å². The van der Waals surface area contributed by atoms with E-state index in [0.29, 0.717) is 30.6 Å². The summed E-state index contributed by atoms with van der Waals surface area (Å²) >= 11 is 6.40. The van der Waals surface area contributed by atoms with Gasteiger partial charge >= 0.3 is 5.97 Å². The molecule has 0 bridgehead atoms. The van der Waals surface area contributed by atoms with Gasteiger partial charge in [-0.2, -0.15) is 0 Å². The molecule has 3 rings (SSSR count). The molecule has 2 aromatic rings. The number of rotatable bonds is 6. The molecule has 0 aliphatic carbocycles. The second kappa shape index (κ2) is 8.24. The number of aromatic carboxylic acids is 1. The second-order valence-electron chi connectivity index (χ2n) is 5.66. The van der Waals surface area contributed by atoms with Crippen LogP contribution in [-0.4, -0.2) is 58.8 Å². The van der Waals surface area contributed by atoms with Crippen molar-refractivity contribution in [2.24, 2.45) is 0 Å². The molecule has 1 atom stereocenters. The molecule has 25 heavy (non-hydrogen) atoms. The highest BCUT2D eigenvalue weighted by atomic mass is 35.5. The summed E-state index contributed by atoms with van der Waals surface area (Å²) in [5, 5.41) is 12.8. The first-order valence-corrected chi connectivity index (χ1v) is 8.38. The Labute approximate surface area is 150 Å². The van der Waals surface area contributed by atoms with E-state index in [1.165, 1.54) is 12.4 Å². The van der Waals surface area contributed by atoms with Crippen LogP contribution in [-0.2, 0) is 4.74 Å². The van der Waals surface area contributed by atoms with Crippen molar-refractivity contribution in [1.82, 2.24) is 14.9 Å². The van der Waals surface area contributed by atoms with Gasteiger partial charge in [0.1, 0.15) is 5.82 Å². The van der Waals surface area contributed by atoms with E-state index < -0.39 is 5.97 Å². The molecule has 0 spiro atoms. The minimum Gasteiger partial charge on any atom is -0.476 e. The van der Waals surface area contributed by atoms with Crippen LogP contribution < -0.4 is 5.32 Å². The van der Waals surface area contributed by atoms with E-state index in [1.54, 1.807) is 0 Å². The van der Waals surface area contributed by atoms with E-state index in [0.717, 1.165) is 18.7 Å². The molecule has 7 nitrogen and oxygen atoms in total. The topological polar surface area (TPSA) is 87.6 Å². The van der Waals surface area contributed by atoms with Crippen LogP contribution >= 0.6 is 11.6 Å². The van der Waals surface area contributed by atoms with Crippen molar-refractivity contribution in [3.8, 4) is 0 Å². The fraction of sp³-hybridized carbons (Fsp3) is 0.353. The number of benzene rings is 1. The molecule has 1 aromatic heterocycles. The maximum absolute atomic E-state index is 10.9. The van der Waals surface area contributed by atoms with Crippen molar-refractivity contribution in [3.05, 3.63) is 52.9 Å². The number of hydrogen-bond acceptors (Lipinski definition) is 6. The molecule has 0 amide bonds. The van der Waals surface area contributed by atoms with Crippen LogP contribution in [0.1, 0.15) is 22.1 Å². The highest BCUT2D eigenvalue weighted by Gasteiger charge is 2.24. The number of ether oxygens (including phenoxy) is 1. The Balaban J connectivity index is 1.75. The number of hydrogen-bond donors (Lipinski definition) is 2. The van der Waals surface area contributed by atoms with Gasteiger partial charge in [-0.15, -0.1) is 0 Å². The maximum Gasteiger partial charge on any atom is 0.356 e. The lowest BCUT2D eigenvalue weighted by molar-refractivity contribution is 0.0187. The highest BCUT2D eigenvalue weighted by Crippen LogP contribution is 2.28. The third-order valence-corrected chi connectivity index (χ3v) is 4.44. The summed E-state index contributed by atoms with van der Waals surface area (Å²) in [4.78, 5) is 21.1. The molecule has 0 radical (unpaired) electrons. The Morgan fingerprint density at radius 3 is 2.68 bits per heavy atom. The summed E-state index contributed by atoms with van der Waals surface area (Å²) in [6.07, 6.45) is 2.66. The third kappa shape index (κ3) is 4.45. The number of carboxylic acid groups (broad SMARTS) is 1. The van der Waals surface area contributed by atoms with Gasteiger partial charge in [0.15, 0.2) is 5.69 Å². The van der Waals surface area contributed by atoms with E-state index in [4.69, 9.17) is 21.4 Å². The number of nitrogens with zero attached hydrogens (tertiary/aromatic N) is 3. The zero-order valence-corrected chi connectivity index (χ0v) is 14.3. The van der Waals surface area contributed by atoms with E-state index in [9.17, 15) is 4.79 Å². The number of nitrogens with one attached hydrogen (secondary N) is 1. The first-order valence-electron chi connectivity index (χ1n) is 8.00. The third-order valence-electron chi connectivity index (χ3n) is 4.10. The predicted octanol–water partition coefficient (Wildman–Crippen LogP) is 2.31. The normalized spacial score (nSPS) is 16.4. The van der Waals surface area contributed by atoms with Gasteiger partial charge in [-0.3, -0.25) is 4.90 Å². The molecule has 1 aliphatic heterocycles. The van der Waals surface area contributed by atoms with Crippen molar-refractivity contribution in [1.29, 1.82) is 0 Å². The Hall–Kier alpha value is -2.22. The molecule has 2 N–H and O–H groups in total. The zero-order chi connectivity index (χ0) is 17.6. The summed E-state index contributed by atoms with van der Waals surface area (Å²) in [6, 6.07) is 7.83. The Morgan fingerprint density at radius 2 is 2.04 bits per heavy atom. The van der Waals surface area contributed by atoms with Gasteiger partial charge in [-0.25, -0.2) is 14.8 Å². The molecule has 2 heterocycles. The van der Waals surface area contributed by atoms with E-state index in [1.807, 2.05) is 24.3 Å². The van der Waals surface area contributed by atoms with Crippen LogP contribution in [0, 0.1) is 0 Å².